The van der Waals surface area contributed by atoms with Gasteiger partial charge >= 0.3 is 0 Å². The summed E-state index contributed by atoms with van der Waals surface area (Å²) in [5.74, 6) is 2.15. The quantitative estimate of drug-likeness (QED) is 0.643. The van der Waals surface area contributed by atoms with Gasteiger partial charge in [0.15, 0.2) is 5.16 Å². The lowest BCUT2D eigenvalue weighted by Crippen LogP contribution is -2.02. The molecule has 5 heteroatoms. The Morgan fingerprint density at radius 2 is 2.05 bits per heavy atom. The van der Waals surface area contributed by atoms with Gasteiger partial charge in [-0.2, -0.15) is 4.98 Å². The molecule has 0 amide bonds. The predicted octanol–water partition coefficient (Wildman–Crippen LogP) is 3.99. The molecule has 1 heterocycles. The van der Waals surface area contributed by atoms with Gasteiger partial charge in [0.25, 0.3) is 0 Å². The van der Waals surface area contributed by atoms with Crippen molar-refractivity contribution in [2.24, 2.45) is 0 Å². The molecule has 0 aliphatic carbocycles. The molecule has 2 rings (SSSR count). The second kappa shape index (κ2) is 7.14. The van der Waals surface area contributed by atoms with Crippen molar-refractivity contribution in [2.45, 2.75) is 25.4 Å². The van der Waals surface area contributed by atoms with Gasteiger partial charge in [-0.05, 0) is 37.3 Å². The van der Waals surface area contributed by atoms with E-state index in [-0.39, 0.29) is 0 Å². The molecular weight excluding hydrogens is 270 g/mol. The van der Waals surface area contributed by atoms with Gasteiger partial charge in [0.1, 0.15) is 11.6 Å². The fourth-order valence-corrected chi connectivity index (χ4v) is 2.14. The number of nitrogens with one attached hydrogen (secondary N) is 1. The minimum Gasteiger partial charge on any atom is -0.439 e. The monoisotopic (exact) mass is 289 g/mol. The summed E-state index contributed by atoms with van der Waals surface area (Å²) < 4.78 is 5.85. The molecule has 0 fully saturated rings. The van der Waals surface area contributed by atoms with Gasteiger partial charge in [0.2, 0.25) is 5.88 Å². The number of aromatic nitrogens is 2. The van der Waals surface area contributed by atoms with Crippen molar-refractivity contribution >= 4 is 17.6 Å². The first kappa shape index (κ1) is 14.7. The maximum absolute atomic E-state index is 5.85. The molecule has 0 aliphatic rings. The molecule has 0 bridgehead atoms. The van der Waals surface area contributed by atoms with Crippen LogP contribution in [0.25, 0.3) is 0 Å². The Labute approximate surface area is 124 Å². The van der Waals surface area contributed by atoms with Crippen molar-refractivity contribution < 1.29 is 4.74 Å². The zero-order chi connectivity index (χ0) is 14.4. The van der Waals surface area contributed by atoms with Crippen LogP contribution in [0.3, 0.4) is 0 Å². The Bertz CT molecular complexity index is 575. The van der Waals surface area contributed by atoms with E-state index in [1.54, 1.807) is 0 Å². The Kier molecular flexibility index (Phi) is 5.24. The van der Waals surface area contributed by atoms with Gasteiger partial charge < -0.3 is 10.1 Å². The average Bonchev–Trinajstić information content (AvgIpc) is 2.47. The first-order valence-electron chi connectivity index (χ1n) is 6.69. The van der Waals surface area contributed by atoms with Gasteiger partial charge in [-0.1, -0.05) is 30.8 Å². The summed E-state index contributed by atoms with van der Waals surface area (Å²) in [5.41, 5.74) is 1.24. The third kappa shape index (κ3) is 3.87. The normalized spacial score (nSPS) is 10.3. The molecule has 0 saturated heterocycles. The Morgan fingerprint density at radius 3 is 2.75 bits per heavy atom. The Balaban J connectivity index is 2.24. The van der Waals surface area contributed by atoms with E-state index in [4.69, 9.17) is 4.74 Å². The van der Waals surface area contributed by atoms with Crippen LogP contribution in [-0.2, 0) is 6.42 Å². The molecule has 20 heavy (non-hydrogen) atoms. The van der Waals surface area contributed by atoms with Crippen molar-refractivity contribution in [3.05, 3.63) is 35.9 Å². The van der Waals surface area contributed by atoms with Crippen LogP contribution < -0.4 is 10.1 Å². The highest BCUT2D eigenvalue weighted by Gasteiger charge is 2.06. The van der Waals surface area contributed by atoms with E-state index in [0.29, 0.717) is 11.0 Å². The topological polar surface area (TPSA) is 47.0 Å². The van der Waals surface area contributed by atoms with E-state index in [1.807, 2.05) is 37.4 Å². The summed E-state index contributed by atoms with van der Waals surface area (Å²) in [6.45, 7) is 4.97. The summed E-state index contributed by atoms with van der Waals surface area (Å²) in [6, 6.07) is 9.88. The van der Waals surface area contributed by atoms with Crippen molar-refractivity contribution in [1.29, 1.82) is 0 Å². The van der Waals surface area contributed by atoms with Crippen LogP contribution >= 0.6 is 11.8 Å². The molecule has 1 aromatic carbocycles. The molecule has 0 unspecified atom stereocenters. The molecule has 106 valence electrons. The van der Waals surface area contributed by atoms with Crippen LogP contribution in [0, 0.1) is 0 Å². The molecule has 0 spiro atoms. The van der Waals surface area contributed by atoms with Gasteiger partial charge in [-0.25, -0.2) is 4.98 Å². The van der Waals surface area contributed by atoms with Gasteiger partial charge in [0, 0.05) is 12.6 Å². The third-order valence-electron chi connectivity index (χ3n) is 2.75. The van der Waals surface area contributed by atoms with E-state index < -0.39 is 0 Å². The summed E-state index contributed by atoms with van der Waals surface area (Å²) in [7, 11) is 0. The molecule has 2 aromatic rings. The second-order valence-corrected chi connectivity index (χ2v) is 4.98. The van der Waals surface area contributed by atoms with Gasteiger partial charge in [-0.3, -0.25) is 0 Å². The highest BCUT2D eigenvalue weighted by Crippen LogP contribution is 2.24. The number of anilines is 1. The van der Waals surface area contributed by atoms with Crippen LogP contribution in [-0.4, -0.2) is 22.8 Å². The summed E-state index contributed by atoms with van der Waals surface area (Å²) in [5, 5.41) is 3.89. The van der Waals surface area contributed by atoms with E-state index in [2.05, 4.69) is 28.3 Å². The first-order chi connectivity index (χ1) is 9.75. The van der Waals surface area contributed by atoms with E-state index in [9.17, 15) is 0 Å². The van der Waals surface area contributed by atoms with Crippen LogP contribution in [0.1, 0.15) is 19.4 Å². The maximum atomic E-state index is 5.85. The average molecular weight is 289 g/mol. The van der Waals surface area contributed by atoms with E-state index in [1.165, 1.54) is 17.3 Å². The number of rotatable bonds is 6. The molecule has 0 atom stereocenters. The van der Waals surface area contributed by atoms with Crippen LogP contribution in [0.4, 0.5) is 5.82 Å². The number of ether oxygens (including phenoxy) is 1. The fourth-order valence-electron chi connectivity index (χ4n) is 1.77. The lowest BCUT2D eigenvalue weighted by molar-refractivity contribution is 0.455. The highest BCUT2D eigenvalue weighted by atomic mass is 32.2. The number of nitrogens with zero attached hydrogens (tertiary/aromatic N) is 2. The minimum absolute atomic E-state index is 0.563. The lowest BCUT2D eigenvalue weighted by atomic mass is 10.2. The molecule has 0 aliphatic heterocycles. The van der Waals surface area contributed by atoms with Crippen molar-refractivity contribution in [3.63, 3.8) is 0 Å². The van der Waals surface area contributed by atoms with Crippen molar-refractivity contribution in [1.82, 2.24) is 9.97 Å². The van der Waals surface area contributed by atoms with Crippen LogP contribution in [0.15, 0.2) is 35.5 Å². The molecular formula is C15H19N3OS. The number of hydrogen-bond donors (Lipinski definition) is 1. The zero-order valence-corrected chi connectivity index (χ0v) is 12.8. The second-order valence-electron chi connectivity index (χ2n) is 4.21. The van der Waals surface area contributed by atoms with E-state index >= 15 is 0 Å². The first-order valence-corrected chi connectivity index (χ1v) is 7.91. The van der Waals surface area contributed by atoms with Crippen LogP contribution in [0.2, 0.25) is 0 Å². The smallest absolute Gasteiger partial charge is 0.225 e. The van der Waals surface area contributed by atoms with Crippen molar-refractivity contribution in [2.75, 3.05) is 18.1 Å². The van der Waals surface area contributed by atoms with Crippen molar-refractivity contribution in [3.8, 4) is 11.6 Å². The minimum atomic E-state index is 0.563. The molecule has 1 N–H and O–H groups in total. The summed E-state index contributed by atoms with van der Waals surface area (Å²) >= 11 is 1.50. The van der Waals surface area contributed by atoms with Crippen LogP contribution in [0.5, 0.6) is 11.6 Å². The number of thioether (sulfide) groups is 1. The highest BCUT2D eigenvalue weighted by molar-refractivity contribution is 7.98. The SMILES string of the molecule is CCNc1cc(Oc2cccc(CC)c2)nc(SC)n1. The number of aryl methyl sites for hydroxylation is 1. The van der Waals surface area contributed by atoms with Gasteiger partial charge in [0.05, 0.1) is 0 Å². The molecule has 0 saturated carbocycles. The van der Waals surface area contributed by atoms with Gasteiger partial charge in [-0.15, -0.1) is 0 Å². The fraction of sp³-hybridized carbons (Fsp3) is 0.333. The number of hydrogen-bond acceptors (Lipinski definition) is 5. The standard InChI is InChI=1S/C15H19N3OS/c1-4-11-7-6-8-12(9-11)19-14-10-13(16-5-2)17-15(18-14)20-3/h6-10H,4-5H2,1-3H3,(H,16,17,18). The molecule has 4 nitrogen and oxygen atoms in total. The molecule has 0 radical (unpaired) electrons. The third-order valence-corrected chi connectivity index (χ3v) is 3.30. The zero-order valence-electron chi connectivity index (χ0n) is 12.0. The molecule has 1 aromatic heterocycles. The van der Waals surface area contributed by atoms with E-state index in [0.717, 1.165) is 24.5 Å². The summed E-state index contributed by atoms with van der Waals surface area (Å²) in [4.78, 5) is 8.75. The largest absolute Gasteiger partial charge is 0.439 e. The number of benzene rings is 1. The predicted molar refractivity (Wildman–Crippen MR) is 83.9 cm³/mol. The lowest BCUT2D eigenvalue weighted by Gasteiger charge is -2.09. The Hall–Kier alpha value is -1.75. The Morgan fingerprint density at radius 1 is 1.20 bits per heavy atom. The summed E-state index contributed by atoms with van der Waals surface area (Å²) in [6.07, 6.45) is 2.94. The maximum Gasteiger partial charge on any atom is 0.225 e.